The topological polar surface area (TPSA) is 122 Å². The number of fused-ring (bicyclic) bond motifs is 1. The molecule has 0 aliphatic carbocycles. The molecule has 29 heavy (non-hydrogen) atoms. The molecule has 0 unspecified atom stereocenters. The molecular weight excluding hydrogens is 378 g/mol. The lowest BCUT2D eigenvalue weighted by atomic mass is 9.94. The summed E-state index contributed by atoms with van der Waals surface area (Å²) in [6.07, 6.45) is 3.48. The number of cyclic esters (lactones) is 1. The molecule has 1 heterocycles. The van der Waals surface area contributed by atoms with E-state index in [1.54, 1.807) is 0 Å². The molecule has 3 N–H and O–H groups in total. The Bertz CT molecular complexity index is 842. The molecule has 8 heteroatoms. The maximum Gasteiger partial charge on any atom is 0.342 e. The summed E-state index contributed by atoms with van der Waals surface area (Å²) in [4.78, 5) is 34.2. The Morgan fingerprint density at radius 2 is 2.00 bits per heavy atom. The number of rotatable bonds is 10. The van der Waals surface area contributed by atoms with Crippen LogP contribution in [0.25, 0.3) is 0 Å². The first kappa shape index (κ1) is 22.3. The van der Waals surface area contributed by atoms with Crippen molar-refractivity contribution in [2.45, 2.75) is 52.6 Å². The lowest BCUT2D eigenvalue weighted by Gasteiger charge is -2.15. The Balaban J connectivity index is 1.99. The fourth-order valence-corrected chi connectivity index (χ4v) is 3.27. The number of amides is 1. The smallest absolute Gasteiger partial charge is 0.342 e. The zero-order chi connectivity index (χ0) is 21.6. The van der Waals surface area contributed by atoms with E-state index < -0.39 is 11.9 Å². The number of carboxylic acid groups (broad SMARTS) is 1. The molecule has 0 spiro atoms. The highest BCUT2D eigenvalue weighted by Gasteiger charge is 2.31. The van der Waals surface area contributed by atoms with Gasteiger partial charge in [-0.15, -0.1) is 0 Å². The fraction of sp³-hybridized carbons (Fsp3) is 0.476. The van der Waals surface area contributed by atoms with Crippen LogP contribution in [0, 0.1) is 6.92 Å². The molecule has 158 valence electrons. The number of aromatic hydroxyl groups is 1. The Hall–Kier alpha value is -3.03. The van der Waals surface area contributed by atoms with Gasteiger partial charge in [0.05, 0.1) is 7.11 Å². The summed E-state index contributed by atoms with van der Waals surface area (Å²) in [5, 5.41) is 21.9. The summed E-state index contributed by atoms with van der Waals surface area (Å²) in [5.41, 5.74) is 3.08. The summed E-state index contributed by atoms with van der Waals surface area (Å²) >= 11 is 0. The molecule has 0 radical (unpaired) electrons. The van der Waals surface area contributed by atoms with Crippen molar-refractivity contribution in [3.8, 4) is 11.5 Å². The van der Waals surface area contributed by atoms with E-state index in [0.717, 1.165) is 11.1 Å². The van der Waals surface area contributed by atoms with Gasteiger partial charge in [0.2, 0.25) is 5.91 Å². The molecular formula is C21H27NO7. The van der Waals surface area contributed by atoms with Gasteiger partial charge < -0.3 is 25.0 Å². The molecule has 1 amide bonds. The first-order chi connectivity index (χ1) is 13.8. The summed E-state index contributed by atoms with van der Waals surface area (Å²) in [5.74, 6) is -1.15. The number of ether oxygens (including phenoxy) is 2. The minimum atomic E-state index is -0.883. The largest absolute Gasteiger partial charge is 0.507 e. The normalized spacial score (nSPS) is 13.1. The van der Waals surface area contributed by atoms with E-state index in [1.165, 1.54) is 7.11 Å². The van der Waals surface area contributed by atoms with Gasteiger partial charge in [0.25, 0.3) is 0 Å². The van der Waals surface area contributed by atoms with Crippen LogP contribution in [0.1, 0.15) is 59.7 Å². The van der Waals surface area contributed by atoms with E-state index in [1.807, 2.05) is 19.9 Å². The van der Waals surface area contributed by atoms with Crippen molar-refractivity contribution < 1.29 is 34.1 Å². The van der Waals surface area contributed by atoms with Crippen molar-refractivity contribution in [1.82, 2.24) is 5.32 Å². The number of phenolic OH excluding ortho intramolecular Hbond substituents is 1. The van der Waals surface area contributed by atoms with Crippen molar-refractivity contribution in [2.75, 3.05) is 13.7 Å². The van der Waals surface area contributed by atoms with Crippen LogP contribution in [-0.2, 0) is 27.4 Å². The van der Waals surface area contributed by atoms with Crippen LogP contribution in [0.15, 0.2) is 11.6 Å². The number of benzene rings is 1. The van der Waals surface area contributed by atoms with E-state index in [4.69, 9.17) is 14.6 Å². The van der Waals surface area contributed by atoms with Crippen LogP contribution in [0.5, 0.6) is 11.5 Å². The average molecular weight is 405 g/mol. The van der Waals surface area contributed by atoms with Gasteiger partial charge in [0.1, 0.15) is 23.7 Å². The van der Waals surface area contributed by atoms with Gasteiger partial charge in [-0.05, 0) is 38.7 Å². The average Bonchev–Trinajstić information content (AvgIpc) is 3.07. The Kier molecular flexibility index (Phi) is 7.64. The predicted molar refractivity (Wildman–Crippen MR) is 105 cm³/mol. The monoisotopic (exact) mass is 405 g/mol. The number of hydrogen-bond donors (Lipinski definition) is 3. The lowest BCUT2D eigenvalue weighted by Crippen LogP contribution is -2.24. The molecule has 1 aromatic rings. The van der Waals surface area contributed by atoms with Crippen LogP contribution < -0.4 is 10.1 Å². The number of phenols is 1. The van der Waals surface area contributed by atoms with Gasteiger partial charge in [-0.2, -0.15) is 0 Å². The maximum atomic E-state index is 11.9. The van der Waals surface area contributed by atoms with Crippen LogP contribution in [0.3, 0.4) is 0 Å². The molecule has 0 saturated carbocycles. The Morgan fingerprint density at radius 1 is 1.28 bits per heavy atom. The standard InChI is InChI=1S/C21H27NO7/c1-12(7-9-16(23)22-10-4-5-17(24)25)6-8-14-19(26)18-15(11-29-21(18)27)13(2)20(14)28-3/h6,26H,4-5,7-11H2,1-3H3,(H,22,23)(H,24,25)/b12-6+. The van der Waals surface area contributed by atoms with Gasteiger partial charge in [-0.1, -0.05) is 11.6 Å². The molecule has 0 saturated heterocycles. The molecule has 0 atom stereocenters. The summed E-state index contributed by atoms with van der Waals surface area (Å²) in [7, 11) is 1.51. The molecule has 1 aliphatic rings. The van der Waals surface area contributed by atoms with Crippen LogP contribution >= 0.6 is 0 Å². The Labute approximate surface area is 169 Å². The first-order valence-corrected chi connectivity index (χ1v) is 9.48. The Morgan fingerprint density at radius 3 is 2.66 bits per heavy atom. The van der Waals surface area contributed by atoms with E-state index in [0.29, 0.717) is 42.7 Å². The fourth-order valence-electron chi connectivity index (χ4n) is 3.27. The highest BCUT2D eigenvalue weighted by atomic mass is 16.5. The molecule has 8 nitrogen and oxygen atoms in total. The van der Waals surface area contributed by atoms with Crippen LogP contribution in [0.2, 0.25) is 0 Å². The summed E-state index contributed by atoms with van der Waals surface area (Å²) in [6.45, 7) is 4.17. The molecule has 1 aromatic carbocycles. The van der Waals surface area contributed by atoms with Crippen molar-refractivity contribution in [2.24, 2.45) is 0 Å². The molecule has 1 aliphatic heterocycles. The molecule has 2 rings (SSSR count). The van der Waals surface area contributed by atoms with Gasteiger partial charge in [-0.3, -0.25) is 9.59 Å². The first-order valence-electron chi connectivity index (χ1n) is 9.48. The maximum absolute atomic E-state index is 11.9. The van der Waals surface area contributed by atoms with Crippen molar-refractivity contribution in [3.05, 3.63) is 33.9 Å². The second-order valence-corrected chi connectivity index (χ2v) is 7.02. The number of allylic oxidation sites excluding steroid dienone is 2. The van der Waals surface area contributed by atoms with E-state index in [9.17, 15) is 19.5 Å². The summed E-state index contributed by atoms with van der Waals surface area (Å²) < 4.78 is 10.5. The quantitative estimate of drug-likeness (QED) is 0.311. The minimum Gasteiger partial charge on any atom is -0.507 e. The number of methoxy groups -OCH3 is 1. The molecule has 0 fully saturated rings. The number of aliphatic carboxylic acids is 1. The molecule has 0 bridgehead atoms. The number of nitrogens with one attached hydrogen (secondary N) is 1. The zero-order valence-electron chi connectivity index (χ0n) is 17.0. The van der Waals surface area contributed by atoms with E-state index in [2.05, 4.69) is 5.32 Å². The second kappa shape index (κ2) is 9.95. The van der Waals surface area contributed by atoms with E-state index >= 15 is 0 Å². The van der Waals surface area contributed by atoms with Crippen molar-refractivity contribution in [3.63, 3.8) is 0 Å². The minimum absolute atomic E-state index is 0.0261. The summed E-state index contributed by atoms with van der Waals surface area (Å²) in [6, 6.07) is 0. The van der Waals surface area contributed by atoms with Crippen molar-refractivity contribution >= 4 is 17.8 Å². The van der Waals surface area contributed by atoms with Crippen LogP contribution in [-0.4, -0.2) is 41.7 Å². The third kappa shape index (κ3) is 5.49. The number of carboxylic acids is 1. The zero-order valence-corrected chi connectivity index (χ0v) is 17.0. The van der Waals surface area contributed by atoms with Crippen LogP contribution in [0.4, 0.5) is 0 Å². The molecule has 0 aromatic heterocycles. The van der Waals surface area contributed by atoms with Crippen molar-refractivity contribution in [1.29, 1.82) is 0 Å². The lowest BCUT2D eigenvalue weighted by molar-refractivity contribution is -0.137. The second-order valence-electron chi connectivity index (χ2n) is 7.02. The SMILES string of the molecule is COc1c(C)c2c(c(O)c1C/C=C(\C)CCC(=O)NCCCC(=O)O)C(=O)OC2. The number of carbonyl (C=O) groups excluding carboxylic acids is 2. The number of carbonyl (C=O) groups is 3. The van der Waals surface area contributed by atoms with E-state index in [-0.39, 0.29) is 36.7 Å². The highest BCUT2D eigenvalue weighted by molar-refractivity contribution is 5.98. The predicted octanol–water partition coefficient (Wildman–Crippen LogP) is 2.63. The third-order valence-electron chi connectivity index (χ3n) is 4.94. The van der Waals surface area contributed by atoms with Gasteiger partial charge in [0, 0.05) is 30.5 Å². The number of hydrogen-bond acceptors (Lipinski definition) is 6. The van der Waals surface area contributed by atoms with Gasteiger partial charge in [0.15, 0.2) is 0 Å². The number of esters is 1. The van der Waals surface area contributed by atoms with Gasteiger partial charge in [-0.25, -0.2) is 4.79 Å². The van der Waals surface area contributed by atoms with Gasteiger partial charge >= 0.3 is 11.9 Å². The third-order valence-corrected chi connectivity index (χ3v) is 4.94. The highest BCUT2D eigenvalue weighted by Crippen LogP contribution is 2.42.